The van der Waals surface area contributed by atoms with E-state index >= 15 is 0 Å². The zero-order valence-corrected chi connectivity index (χ0v) is 9.43. The van der Waals surface area contributed by atoms with Crippen molar-refractivity contribution >= 4 is 5.97 Å². The first-order valence-corrected chi connectivity index (χ1v) is 5.40. The number of carbonyl (C=O) groups is 1. The van der Waals surface area contributed by atoms with Crippen molar-refractivity contribution in [1.29, 1.82) is 0 Å². The summed E-state index contributed by atoms with van der Waals surface area (Å²) in [6.07, 6.45) is 3.17. The quantitative estimate of drug-likeness (QED) is 0.541. The minimum atomic E-state index is -0.354. The fourth-order valence-corrected chi connectivity index (χ4v) is 1.21. The van der Waals surface area contributed by atoms with E-state index in [1.807, 2.05) is 20.8 Å². The lowest BCUT2D eigenvalue weighted by molar-refractivity contribution is -0.154. The highest BCUT2D eigenvalue weighted by Gasteiger charge is 2.20. The SMILES string of the molecule is CC(C)(C)OC(=O)CCNCC1CC1. The van der Waals surface area contributed by atoms with Gasteiger partial charge in [0.05, 0.1) is 6.42 Å². The Hall–Kier alpha value is -0.570. The van der Waals surface area contributed by atoms with Gasteiger partial charge in [-0.3, -0.25) is 4.79 Å². The van der Waals surface area contributed by atoms with Crippen LogP contribution >= 0.6 is 0 Å². The van der Waals surface area contributed by atoms with Crippen LogP contribution in [-0.4, -0.2) is 24.7 Å². The molecule has 82 valence electrons. The second-order valence-electron chi connectivity index (χ2n) is 4.98. The van der Waals surface area contributed by atoms with Gasteiger partial charge in [0.2, 0.25) is 0 Å². The number of carbonyl (C=O) groups excluding carboxylic acids is 1. The van der Waals surface area contributed by atoms with E-state index in [1.165, 1.54) is 12.8 Å². The molecule has 1 aliphatic carbocycles. The van der Waals surface area contributed by atoms with Crippen molar-refractivity contribution < 1.29 is 9.53 Å². The largest absolute Gasteiger partial charge is 0.460 e. The van der Waals surface area contributed by atoms with Crippen molar-refractivity contribution in [2.45, 2.75) is 45.6 Å². The zero-order valence-electron chi connectivity index (χ0n) is 9.43. The Bertz CT molecular complexity index is 192. The van der Waals surface area contributed by atoms with Crippen molar-refractivity contribution in [3.8, 4) is 0 Å². The standard InChI is InChI=1S/C11H21NO2/c1-11(2,3)14-10(13)6-7-12-8-9-4-5-9/h9,12H,4-8H2,1-3H3. The molecule has 0 bridgehead atoms. The van der Waals surface area contributed by atoms with Crippen molar-refractivity contribution in [1.82, 2.24) is 5.32 Å². The van der Waals surface area contributed by atoms with Crippen LogP contribution in [0.2, 0.25) is 0 Å². The second kappa shape index (κ2) is 4.78. The molecule has 3 heteroatoms. The first-order chi connectivity index (χ1) is 6.47. The molecule has 1 rings (SSSR count). The summed E-state index contributed by atoms with van der Waals surface area (Å²) in [5, 5.41) is 3.26. The van der Waals surface area contributed by atoms with E-state index in [-0.39, 0.29) is 11.6 Å². The van der Waals surface area contributed by atoms with Gasteiger partial charge in [0, 0.05) is 6.54 Å². The van der Waals surface area contributed by atoms with Gasteiger partial charge in [-0.25, -0.2) is 0 Å². The fraction of sp³-hybridized carbons (Fsp3) is 0.909. The Labute approximate surface area is 86.2 Å². The summed E-state index contributed by atoms with van der Waals surface area (Å²) < 4.78 is 5.18. The molecular formula is C11H21NO2. The molecule has 0 aromatic carbocycles. The maximum absolute atomic E-state index is 11.3. The van der Waals surface area contributed by atoms with Crippen LogP contribution in [0.3, 0.4) is 0 Å². The maximum Gasteiger partial charge on any atom is 0.307 e. The number of esters is 1. The molecular weight excluding hydrogens is 178 g/mol. The number of hydrogen-bond acceptors (Lipinski definition) is 3. The molecule has 0 saturated heterocycles. The first-order valence-electron chi connectivity index (χ1n) is 5.40. The van der Waals surface area contributed by atoms with E-state index in [1.54, 1.807) is 0 Å². The van der Waals surface area contributed by atoms with Gasteiger partial charge in [0.1, 0.15) is 5.60 Å². The molecule has 14 heavy (non-hydrogen) atoms. The van der Waals surface area contributed by atoms with Gasteiger partial charge >= 0.3 is 5.97 Å². The van der Waals surface area contributed by atoms with Gasteiger partial charge in [0.15, 0.2) is 0 Å². The third-order valence-electron chi connectivity index (χ3n) is 2.06. The summed E-state index contributed by atoms with van der Waals surface area (Å²) in [5.74, 6) is 0.759. The summed E-state index contributed by atoms with van der Waals surface area (Å²) in [7, 11) is 0. The van der Waals surface area contributed by atoms with Crippen LogP contribution in [0.4, 0.5) is 0 Å². The molecule has 0 atom stereocenters. The van der Waals surface area contributed by atoms with Crippen molar-refractivity contribution in [2.75, 3.05) is 13.1 Å². The Kier molecular flexibility index (Phi) is 3.93. The highest BCUT2D eigenvalue weighted by Crippen LogP contribution is 2.27. The van der Waals surface area contributed by atoms with Crippen LogP contribution in [0.5, 0.6) is 0 Å². The molecule has 1 fully saturated rings. The molecule has 0 amide bonds. The average molecular weight is 199 g/mol. The Morgan fingerprint density at radius 2 is 2.07 bits per heavy atom. The number of hydrogen-bond donors (Lipinski definition) is 1. The number of nitrogens with one attached hydrogen (secondary N) is 1. The molecule has 0 radical (unpaired) electrons. The average Bonchev–Trinajstić information content (AvgIpc) is 2.77. The molecule has 1 N–H and O–H groups in total. The predicted octanol–water partition coefficient (Wildman–Crippen LogP) is 1.72. The van der Waals surface area contributed by atoms with E-state index in [4.69, 9.17) is 4.74 Å². The number of rotatable bonds is 5. The first kappa shape index (κ1) is 11.5. The lowest BCUT2D eigenvalue weighted by atomic mass is 10.2. The Morgan fingerprint density at radius 1 is 1.43 bits per heavy atom. The van der Waals surface area contributed by atoms with Gasteiger partial charge in [-0.2, -0.15) is 0 Å². The van der Waals surface area contributed by atoms with E-state index in [9.17, 15) is 4.79 Å². The summed E-state index contributed by atoms with van der Waals surface area (Å²) in [5.41, 5.74) is -0.354. The molecule has 1 saturated carbocycles. The highest BCUT2D eigenvalue weighted by molar-refractivity contribution is 5.70. The van der Waals surface area contributed by atoms with Crippen LogP contribution < -0.4 is 5.32 Å². The van der Waals surface area contributed by atoms with Crippen LogP contribution in [-0.2, 0) is 9.53 Å². The van der Waals surface area contributed by atoms with Crippen LogP contribution in [0.25, 0.3) is 0 Å². The van der Waals surface area contributed by atoms with Gasteiger partial charge in [-0.1, -0.05) is 0 Å². The van der Waals surface area contributed by atoms with Gasteiger partial charge in [-0.05, 0) is 46.1 Å². The maximum atomic E-state index is 11.3. The van der Waals surface area contributed by atoms with E-state index in [0.717, 1.165) is 19.0 Å². The summed E-state index contributed by atoms with van der Waals surface area (Å²) in [4.78, 5) is 11.3. The predicted molar refractivity (Wildman–Crippen MR) is 56.1 cm³/mol. The molecule has 0 aliphatic heterocycles. The molecule has 1 aliphatic rings. The molecule has 3 nitrogen and oxygen atoms in total. The van der Waals surface area contributed by atoms with Gasteiger partial charge < -0.3 is 10.1 Å². The molecule has 0 unspecified atom stereocenters. The van der Waals surface area contributed by atoms with E-state index in [0.29, 0.717) is 6.42 Å². The monoisotopic (exact) mass is 199 g/mol. The molecule has 0 aromatic heterocycles. The third-order valence-corrected chi connectivity index (χ3v) is 2.06. The lowest BCUT2D eigenvalue weighted by Gasteiger charge is -2.19. The fourth-order valence-electron chi connectivity index (χ4n) is 1.21. The Morgan fingerprint density at radius 3 is 2.57 bits per heavy atom. The van der Waals surface area contributed by atoms with Gasteiger partial charge in [-0.15, -0.1) is 0 Å². The van der Waals surface area contributed by atoms with E-state index in [2.05, 4.69) is 5.32 Å². The third kappa shape index (κ3) is 5.97. The minimum Gasteiger partial charge on any atom is -0.460 e. The topological polar surface area (TPSA) is 38.3 Å². The van der Waals surface area contributed by atoms with Crippen LogP contribution in [0.1, 0.15) is 40.0 Å². The normalized spacial score (nSPS) is 16.8. The van der Waals surface area contributed by atoms with Crippen LogP contribution in [0.15, 0.2) is 0 Å². The summed E-state index contributed by atoms with van der Waals surface area (Å²) in [6.45, 7) is 7.47. The number of ether oxygens (including phenoxy) is 1. The van der Waals surface area contributed by atoms with Crippen molar-refractivity contribution in [3.63, 3.8) is 0 Å². The van der Waals surface area contributed by atoms with Gasteiger partial charge in [0.25, 0.3) is 0 Å². The molecule has 0 heterocycles. The van der Waals surface area contributed by atoms with Crippen molar-refractivity contribution in [2.24, 2.45) is 5.92 Å². The lowest BCUT2D eigenvalue weighted by Crippen LogP contribution is -2.27. The second-order valence-corrected chi connectivity index (χ2v) is 4.98. The van der Waals surface area contributed by atoms with E-state index < -0.39 is 0 Å². The van der Waals surface area contributed by atoms with Crippen molar-refractivity contribution in [3.05, 3.63) is 0 Å². The minimum absolute atomic E-state index is 0.110. The Balaban J connectivity index is 1.96. The summed E-state index contributed by atoms with van der Waals surface area (Å²) >= 11 is 0. The summed E-state index contributed by atoms with van der Waals surface area (Å²) in [6, 6.07) is 0. The smallest absolute Gasteiger partial charge is 0.307 e. The zero-order chi connectivity index (χ0) is 10.6. The van der Waals surface area contributed by atoms with Crippen LogP contribution in [0, 0.1) is 5.92 Å². The highest BCUT2D eigenvalue weighted by atomic mass is 16.6. The molecule has 0 aromatic rings. The molecule has 0 spiro atoms.